The molecule has 0 unspecified atom stereocenters. The number of thiazole rings is 1. The zero-order valence-electron chi connectivity index (χ0n) is 16.9. The second-order valence-electron chi connectivity index (χ2n) is 6.52. The van der Waals surface area contributed by atoms with Crippen LogP contribution in [-0.2, 0) is 23.8 Å². The number of benzene rings is 1. The largest absolute Gasteiger partial charge is 0.466 e. The van der Waals surface area contributed by atoms with Crippen LogP contribution >= 0.6 is 11.3 Å². The predicted octanol–water partition coefficient (Wildman–Crippen LogP) is 3.27. The van der Waals surface area contributed by atoms with E-state index in [4.69, 9.17) is 19.2 Å². The lowest BCUT2D eigenvalue weighted by molar-refractivity contribution is -0.140. The number of methoxy groups -OCH3 is 2. The lowest BCUT2D eigenvalue weighted by Gasteiger charge is -2.31. The van der Waals surface area contributed by atoms with Gasteiger partial charge in [-0.3, -0.25) is 4.98 Å². The number of carbonyl (C=O) groups excluding carboxylic acids is 2. The van der Waals surface area contributed by atoms with Crippen molar-refractivity contribution in [2.45, 2.75) is 0 Å². The van der Waals surface area contributed by atoms with Crippen LogP contribution in [0.5, 0.6) is 0 Å². The molecular weight excluding hydrogens is 418 g/mol. The molecule has 0 atom stereocenters. The molecule has 2 aromatic heterocycles. The minimum absolute atomic E-state index is 0.0345. The molecule has 0 bridgehead atoms. The molecule has 0 saturated carbocycles. The van der Waals surface area contributed by atoms with Gasteiger partial charge in [-0.15, -0.1) is 11.3 Å². The van der Waals surface area contributed by atoms with Crippen LogP contribution in [0.15, 0.2) is 65.3 Å². The summed E-state index contributed by atoms with van der Waals surface area (Å²) in [6.45, 7) is 0.0542. The first-order chi connectivity index (χ1) is 15.1. The molecule has 0 N–H and O–H groups in total. The van der Waals surface area contributed by atoms with E-state index in [-0.39, 0.29) is 24.6 Å². The average Bonchev–Trinajstić information content (AvgIpc) is 3.33. The van der Waals surface area contributed by atoms with Gasteiger partial charge < -0.3 is 19.1 Å². The van der Waals surface area contributed by atoms with Crippen molar-refractivity contribution < 1.29 is 23.8 Å². The van der Waals surface area contributed by atoms with Gasteiger partial charge in [0.25, 0.3) is 0 Å². The summed E-state index contributed by atoms with van der Waals surface area (Å²) < 4.78 is 15.3. The molecule has 158 valence electrons. The standard InChI is InChI=1S/C22H19N3O5S/c1-28-21(26)16-11-30-13-25(19(16)22(27)29-2)15-7-5-6-14(10-15)20-24-18(12-31-20)17-8-3-4-9-23-17/h3-10,12H,11,13H2,1-2H3. The number of hydrogen-bond donors (Lipinski definition) is 0. The van der Waals surface area contributed by atoms with Gasteiger partial charge in [0.2, 0.25) is 0 Å². The van der Waals surface area contributed by atoms with Gasteiger partial charge in [0, 0.05) is 22.8 Å². The second kappa shape index (κ2) is 9.07. The first kappa shape index (κ1) is 20.7. The molecule has 0 aliphatic carbocycles. The lowest BCUT2D eigenvalue weighted by atomic mass is 10.1. The van der Waals surface area contributed by atoms with E-state index in [2.05, 4.69) is 4.98 Å². The molecule has 8 nitrogen and oxygen atoms in total. The Hall–Kier alpha value is -3.56. The summed E-state index contributed by atoms with van der Waals surface area (Å²) in [5.41, 5.74) is 3.32. The van der Waals surface area contributed by atoms with Crippen LogP contribution in [-0.4, -0.2) is 49.5 Å². The highest BCUT2D eigenvalue weighted by atomic mass is 32.1. The maximum Gasteiger partial charge on any atom is 0.355 e. The van der Waals surface area contributed by atoms with Gasteiger partial charge in [0.1, 0.15) is 23.1 Å². The van der Waals surface area contributed by atoms with Crippen LogP contribution < -0.4 is 4.90 Å². The Kier molecular flexibility index (Phi) is 6.06. The number of aromatic nitrogens is 2. The number of rotatable bonds is 5. The van der Waals surface area contributed by atoms with Crippen molar-refractivity contribution in [3.05, 3.63) is 65.3 Å². The molecule has 9 heteroatoms. The van der Waals surface area contributed by atoms with E-state index in [9.17, 15) is 9.59 Å². The van der Waals surface area contributed by atoms with Crippen LogP contribution in [0.1, 0.15) is 0 Å². The Bertz CT molecular complexity index is 1140. The van der Waals surface area contributed by atoms with Crippen molar-refractivity contribution in [3.8, 4) is 22.0 Å². The molecule has 1 aromatic carbocycles. The van der Waals surface area contributed by atoms with Gasteiger partial charge in [0.05, 0.1) is 32.1 Å². The second-order valence-corrected chi connectivity index (χ2v) is 7.38. The van der Waals surface area contributed by atoms with E-state index in [1.165, 1.54) is 25.6 Å². The van der Waals surface area contributed by atoms with Crippen molar-refractivity contribution in [3.63, 3.8) is 0 Å². The number of hydrogen-bond acceptors (Lipinski definition) is 9. The summed E-state index contributed by atoms with van der Waals surface area (Å²) in [5.74, 6) is -1.28. The smallest absolute Gasteiger partial charge is 0.355 e. The molecule has 0 saturated heterocycles. The van der Waals surface area contributed by atoms with Gasteiger partial charge in [-0.25, -0.2) is 14.6 Å². The monoisotopic (exact) mass is 437 g/mol. The number of ether oxygens (including phenoxy) is 3. The highest BCUT2D eigenvalue weighted by Crippen LogP contribution is 2.33. The van der Waals surface area contributed by atoms with Gasteiger partial charge in [0.15, 0.2) is 0 Å². The summed E-state index contributed by atoms with van der Waals surface area (Å²) in [7, 11) is 2.52. The fourth-order valence-electron chi connectivity index (χ4n) is 3.19. The van der Waals surface area contributed by atoms with E-state index < -0.39 is 11.9 Å². The highest BCUT2D eigenvalue weighted by Gasteiger charge is 2.32. The summed E-state index contributed by atoms with van der Waals surface area (Å²) in [5, 5.41) is 2.75. The van der Waals surface area contributed by atoms with Crippen LogP contribution in [0.3, 0.4) is 0 Å². The molecule has 0 spiro atoms. The van der Waals surface area contributed by atoms with Crippen LogP contribution in [0, 0.1) is 0 Å². The van der Waals surface area contributed by atoms with E-state index in [0.29, 0.717) is 5.69 Å². The molecule has 0 radical (unpaired) electrons. The molecule has 31 heavy (non-hydrogen) atoms. The van der Waals surface area contributed by atoms with E-state index in [0.717, 1.165) is 22.0 Å². The third kappa shape index (κ3) is 4.18. The third-order valence-corrected chi connectivity index (χ3v) is 5.56. The topological polar surface area (TPSA) is 90.9 Å². The van der Waals surface area contributed by atoms with Crippen molar-refractivity contribution in [1.82, 2.24) is 9.97 Å². The van der Waals surface area contributed by atoms with Gasteiger partial charge in [-0.05, 0) is 24.3 Å². The van der Waals surface area contributed by atoms with E-state index >= 15 is 0 Å². The Labute approximate surface area is 182 Å². The van der Waals surface area contributed by atoms with Crippen LogP contribution in [0.2, 0.25) is 0 Å². The SMILES string of the molecule is COC(=O)C1=C(C(=O)OC)N(c2cccc(-c3nc(-c4ccccn4)cs3)c2)COC1. The molecule has 3 heterocycles. The van der Waals surface area contributed by atoms with Crippen LogP contribution in [0.4, 0.5) is 5.69 Å². The van der Waals surface area contributed by atoms with Gasteiger partial charge in [-0.1, -0.05) is 18.2 Å². The Morgan fingerprint density at radius 1 is 1.06 bits per heavy atom. The Balaban J connectivity index is 1.71. The van der Waals surface area contributed by atoms with Gasteiger partial charge in [-0.2, -0.15) is 0 Å². The molecular formula is C22H19N3O5S. The molecule has 0 amide bonds. The zero-order chi connectivity index (χ0) is 21.8. The van der Waals surface area contributed by atoms with Crippen molar-refractivity contribution in [2.75, 3.05) is 32.5 Å². The molecule has 4 rings (SSSR count). The van der Waals surface area contributed by atoms with E-state index in [1.807, 2.05) is 47.8 Å². The summed E-state index contributed by atoms with van der Waals surface area (Å²) in [6, 6.07) is 13.2. The summed E-state index contributed by atoms with van der Waals surface area (Å²) >= 11 is 1.49. The Morgan fingerprint density at radius 2 is 1.90 bits per heavy atom. The normalized spacial score (nSPS) is 13.8. The first-order valence-electron chi connectivity index (χ1n) is 9.34. The summed E-state index contributed by atoms with van der Waals surface area (Å²) in [4.78, 5) is 35.3. The maximum atomic E-state index is 12.5. The molecule has 3 aromatic rings. The number of pyridine rings is 1. The zero-order valence-corrected chi connectivity index (χ0v) is 17.7. The molecule has 1 aliphatic heterocycles. The quantitative estimate of drug-likeness (QED) is 0.562. The highest BCUT2D eigenvalue weighted by molar-refractivity contribution is 7.13. The minimum atomic E-state index is -0.638. The molecule has 1 aliphatic rings. The van der Waals surface area contributed by atoms with E-state index in [1.54, 1.807) is 11.1 Å². The number of nitrogens with zero attached hydrogens (tertiary/aromatic N) is 3. The van der Waals surface area contributed by atoms with Crippen molar-refractivity contribution in [2.24, 2.45) is 0 Å². The number of esters is 2. The lowest BCUT2D eigenvalue weighted by Crippen LogP contribution is -2.38. The van der Waals surface area contributed by atoms with Crippen molar-refractivity contribution >= 4 is 29.0 Å². The number of anilines is 1. The van der Waals surface area contributed by atoms with Crippen molar-refractivity contribution in [1.29, 1.82) is 0 Å². The average molecular weight is 437 g/mol. The predicted molar refractivity (Wildman–Crippen MR) is 115 cm³/mol. The van der Waals surface area contributed by atoms with Gasteiger partial charge >= 0.3 is 11.9 Å². The summed E-state index contributed by atoms with van der Waals surface area (Å²) in [6.07, 6.45) is 1.73. The fourth-order valence-corrected chi connectivity index (χ4v) is 4.00. The minimum Gasteiger partial charge on any atom is -0.466 e. The first-order valence-corrected chi connectivity index (χ1v) is 10.2. The third-order valence-electron chi connectivity index (χ3n) is 4.67. The Morgan fingerprint density at radius 3 is 2.65 bits per heavy atom. The molecule has 0 fully saturated rings. The fraction of sp³-hybridized carbons (Fsp3) is 0.182. The van der Waals surface area contributed by atoms with Crippen LogP contribution in [0.25, 0.3) is 22.0 Å². The number of carbonyl (C=O) groups is 2. The maximum absolute atomic E-state index is 12.5.